The second-order valence-electron chi connectivity index (χ2n) is 5.23. The van der Waals surface area contributed by atoms with Gasteiger partial charge in [0.25, 0.3) is 5.91 Å². The predicted molar refractivity (Wildman–Crippen MR) is 84.7 cm³/mol. The zero-order chi connectivity index (χ0) is 18.4. The lowest BCUT2D eigenvalue weighted by molar-refractivity contribution is -0.176. The van der Waals surface area contributed by atoms with Crippen LogP contribution in [0.25, 0.3) is 0 Å². The molecular weight excluding hydrogens is 362 g/mol. The van der Waals surface area contributed by atoms with Gasteiger partial charge in [0.1, 0.15) is 12.4 Å². The number of ether oxygens (including phenoxy) is 1. The second-order valence-corrected chi connectivity index (χ2v) is 5.67. The third kappa shape index (κ3) is 6.36. The molecule has 0 spiro atoms. The quantitative estimate of drug-likeness (QED) is 0.756. The van der Waals surface area contributed by atoms with Crippen LogP contribution in [-0.4, -0.2) is 18.7 Å². The molecule has 1 amide bonds. The Morgan fingerprint density at radius 1 is 1.08 bits per heavy atom. The molecule has 2 aromatic rings. The molecular formula is C17H14ClF4NO2. The van der Waals surface area contributed by atoms with E-state index in [-0.39, 0.29) is 23.7 Å². The zero-order valence-corrected chi connectivity index (χ0v) is 13.6. The van der Waals surface area contributed by atoms with Crippen LogP contribution in [0.15, 0.2) is 42.5 Å². The van der Waals surface area contributed by atoms with E-state index < -0.39 is 24.5 Å². The number of amides is 1. The van der Waals surface area contributed by atoms with Crippen molar-refractivity contribution in [2.24, 2.45) is 0 Å². The molecule has 0 saturated carbocycles. The Labute approximate surface area is 146 Å². The van der Waals surface area contributed by atoms with Crippen LogP contribution in [0.4, 0.5) is 17.6 Å². The predicted octanol–water partition coefficient (Wildman–Crippen LogP) is 4.49. The van der Waals surface area contributed by atoms with Crippen LogP contribution in [0.5, 0.6) is 0 Å². The summed E-state index contributed by atoms with van der Waals surface area (Å²) in [6.07, 6.45) is -4.36. The number of carbonyl (C=O) groups excluding carboxylic acids is 1. The molecule has 1 N–H and O–H groups in total. The van der Waals surface area contributed by atoms with Crippen molar-refractivity contribution in [2.45, 2.75) is 19.3 Å². The van der Waals surface area contributed by atoms with Gasteiger partial charge < -0.3 is 10.1 Å². The molecule has 0 unspecified atom stereocenters. The lowest BCUT2D eigenvalue weighted by atomic mass is 10.1. The highest BCUT2D eigenvalue weighted by atomic mass is 35.5. The maximum Gasteiger partial charge on any atom is 0.411 e. The van der Waals surface area contributed by atoms with E-state index in [0.29, 0.717) is 11.1 Å². The molecule has 134 valence electrons. The first kappa shape index (κ1) is 19.2. The van der Waals surface area contributed by atoms with E-state index in [1.807, 2.05) is 0 Å². The van der Waals surface area contributed by atoms with Crippen LogP contribution in [-0.2, 0) is 17.9 Å². The summed E-state index contributed by atoms with van der Waals surface area (Å²) in [6, 6.07) is 10.2. The number of nitrogens with one attached hydrogen (secondary N) is 1. The van der Waals surface area contributed by atoms with Crippen molar-refractivity contribution in [2.75, 3.05) is 6.61 Å². The summed E-state index contributed by atoms with van der Waals surface area (Å²) in [4.78, 5) is 11.9. The van der Waals surface area contributed by atoms with Crippen LogP contribution in [0.2, 0.25) is 5.02 Å². The molecule has 0 heterocycles. The number of carbonyl (C=O) groups is 1. The van der Waals surface area contributed by atoms with Crippen molar-refractivity contribution in [3.05, 3.63) is 70.0 Å². The molecule has 0 aromatic heterocycles. The number of alkyl halides is 3. The van der Waals surface area contributed by atoms with Gasteiger partial charge in [-0.1, -0.05) is 35.9 Å². The SMILES string of the molecule is O=C(NCc1ccc(COCC(F)(F)F)cc1)c1ccc(Cl)cc1F. The first-order chi connectivity index (χ1) is 11.7. The molecule has 0 radical (unpaired) electrons. The molecule has 8 heteroatoms. The summed E-state index contributed by atoms with van der Waals surface area (Å²) in [7, 11) is 0. The van der Waals surface area contributed by atoms with E-state index in [0.717, 1.165) is 6.07 Å². The number of rotatable bonds is 6. The van der Waals surface area contributed by atoms with Crippen molar-refractivity contribution < 1.29 is 27.1 Å². The largest absolute Gasteiger partial charge is 0.411 e. The zero-order valence-electron chi connectivity index (χ0n) is 12.9. The molecule has 0 aliphatic heterocycles. The van der Waals surface area contributed by atoms with Gasteiger partial charge in [0, 0.05) is 11.6 Å². The lowest BCUT2D eigenvalue weighted by Crippen LogP contribution is -2.23. The maximum atomic E-state index is 13.6. The van der Waals surface area contributed by atoms with Crippen LogP contribution < -0.4 is 5.32 Å². The lowest BCUT2D eigenvalue weighted by Gasteiger charge is -2.09. The molecule has 2 aromatic carbocycles. The Bertz CT molecular complexity index is 732. The topological polar surface area (TPSA) is 38.3 Å². The van der Waals surface area contributed by atoms with Gasteiger partial charge in [0.05, 0.1) is 12.2 Å². The van der Waals surface area contributed by atoms with Gasteiger partial charge in [0.2, 0.25) is 0 Å². The van der Waals surface area contributed by atoms with Crippen LogP contribution in [0.1, 0.15) is 21.5 Å². The standard InChI is InChI=1S/C17H14ClF4NO2/c18-13-5-6-14(15(19)7-13)16(24)23-8-11-1-3-12(4-2-11)9-25-10-17(20,21)22/h1-7H,8-10H2,(H,23,24). The maximum absolute atomic E-state index is 13.6. The summed E-state index contributed by atoms with van der Waals surface area (Å²) in [5.41, 5.74) is 1.16. The van der Waals surface area contributed by atoms with E-state index in [1.54, 1.807) is 24.3 Å². The summed E-state index contributed by atoms with van der Waals surface area (Å²) >= 11 is 5.63. The van der Waals surface area contributed by atoms with Crippen LogP contribution in [0, 0.1) is 5.82 Å². The summed E-state index contributed by atoms with van der Waals surface area (Å²) in [5.74, 6) is -1.31. The summed E-state index contributed by atoms with van der Waals surface area (Å²) in [5, 5.41) is 2.75. The number of hydrogen-bond donors (Lipinski definition) is 1. The monoisotopic (exact) mass is 375 g/mol. The normalized spacial score (nSPS) is 11.4. The highest BCUT2D eigenvalue weighted by molar-refractivity contribution is 6.30. The summed E-state index contributed by atoms with van der Waals surface area (Å²) < 4.78 is 54.2. The second kappa shape index (κ2) is 8.31. The number of hydrogen-bond acceptors (Lipinski definition) is 2. The van der Waals surface area contributed by atoms with Gasteiger partial charge >= 0.3 is 6.18 Å². The van der Waals surface area contributed by atoms with Gasteiger partial charge in [-0.3, -0.25) is 4.79 Å². The molecule has 25 heavy (non-hydrogen) atoms. The van der Waals surface area contributed by atoms with E-state index in [1.165, 1.54) is 12.1 Å². The number of benzene rings is 2. The van der Waals surface area contributed by atoms with Crippen molar-refractivity contribution >= 4 is 17.5 Å². The molecule has 2 rings (SSSR count). The van der Waals surface area contributed by atoms with Gasteiger partial charge in [-0.2, -0.15) is 13.2 Å². The fourth-order valence-corrected chi connectivity index (χ4v) is 2.15. The Hall–Kier alpha value is -2.12. The Kier molecular flexibility index (Phi) is 6.39. The van der Waals surface area contributed by atoms with E-state index >= 15 is 0 Å². The Balaban J connectivity index is 1.85. The van der Waals surface area contributed by atoms with E-state index in [2.05, 4.69) is 10.1 Å². The minimum Gasteiger partial charge on any atom is -0.367 e. The molecule has 0 fully saturated rings. The van der Waals surface area contributed by atoms with Gasteiger partial charge in [-0.05, 0) is 29.3 Å². The van der Waals surface area contributed by atoms with Crippen LogP contribution >= 0.6 is 11.6 Å². The van der Waals surface area contributed by atoms with E-state index in [9.17, 15) is 22.4 Å². The fraction of sp³-hybridized carbons (Fsp3) is 0.235. The average Bonchev–Trinajstić information content (AvgIpc) is 2.52. The van der Waals surface area contributed by atoms with Crippen LogP contribution in [0.3, 0.4) is 0 Å². The van der Waals surface area contributed by atoms with Crippen molar-refractivity contribution in [3.8, 4) is 0 Å². The summed E-state index contributed by atoms with van der Waals surface area (Å²) in [6.45, 7) is -1.33. The van der Waals surface area contributed by atoms with Gasteiger partial charge in [-0.25, -0.2) is 4.39 Å². The van der Waals surface area contributed by atoms with Crippen molar-refractivity contribution in [3.63, 3.8) is 0 Å². The van der Waals surface area contributed by atoms with E-state index in [4.69, 9.17) is 11.6 Å². The average molecular weight is 376 g/mol. The van der Waals surface area contributed by atoms with Gasteiger partial charge in [0.15, 0.2) is 0 Å². The Morgan fingerprint density at radius 2 is 1.72 bits per heavy atom. The number of halogens is 5. The molecule has 0 aliphatic rings. The molecule has 0 bridgehead atoms. The molecule has 0 atom stereocenters. The highest BCUT2D eigenvalue weighted by Gasteiger charge is 2.27. The van der Waals surface area contributed by atoms with Crippen molar-refractivity contribution in [1.29, 1.82) is 0 Å². The third-order valence-corrected chi connectivity index (χ3v) is 3.42. The Morgan fingerprint density at radius 3 is 2.32 bits per heavy atom. The fourth-order valence-electron chi connectivity index (χ4n) is 1.99. The third-order valence-electron chi connectivity index (χ3n) is 3.19. The molecule has 3 nitrogen and oxygen atoms in total. The first-order valence-electron chi connectivity index (χ1n) is 7.20. The van der Waals surface area contributed by atoms with Gasteiger partial charge in [-0.15, -0.1) is 0 Å². The first-order valence-corrected chi connectivity index (χ1v) is 7.58. The minimum atomic E-state index is -4.36. The highest BCUT2D eigenvalue weighted by Crippen LogP contribution is 2.16. The minimum absolute atomic E-state index is 0.124. The molecule has 0 saturated heterocycles. The van der Waals surface area contributed by atoms with Crippen molar-refractivity contribution in [1.82, 2.24) is 5.32 Å². The molecule has 0 aliphatic carbocycles. The smallest absolute Gasteiger partial charge is 0.367 e.